The molecule has 1 aromatic rings. The summed E-state index contributed by atoms with van der Waals surface area (Å²) in [6.45, 7) is 2.35. The fraction of sp³-hybridized carbons (Fsp3) is 0.667. The van der Waals surface area contributed by atoms with Crippen LogP contribution in [0.15, 0.2) is 24.3 Å². The van der Waals surface area contributed by atoms with E-state index in [4.69, 9.17) is 5.84 Å². The molecular weight excluding hydrogens is 244 g/mol. The zero-order chi connectivity index (χ0) is 13.9. The van der Waals surface area contributed by atoms with Crippen molar-refractivity contribution in [2.24, 2.45) is 23.6 Å². The van der Waals surface area contributed by atoms with E-state index in [1.165, 1.54) is 44.9 Å². The average molecular weight is 272 g/mol. The second-order valence-electron chi connectivity index (χ2n) is 6.75. The van der Waals surface area contributed by atoms with Gasteiger partial charge in [0, 0.05) is 6.04 Å². The van der Waals surface area contributed by atoms with Crippen LogP contribution in [0.4, 0.5) is 0 Å². The van der Waals surface area contributed by atoms with E-state index < -0.39 is 0 Å². The molecule has 2 aliphatic carbocycles. The van der Waals surface area contributed by atoms with Crippen LogP contribution in [0.5, 0.6) is 0 Å². The largest absolute Gasteiger partial charge is 0.271 e. The number of benzene rings is 1. The van der Waals surface area contributed by atoms with Gasteiger partial charge in [0.2, 0.25) is 0 Å². The molecule has 3 atom stereocenters. The first-order valence-electron chi connectivity index (χ1n) is 8.36. The maximum absolute atomic E-state index is 5.99. The maximum Gasteiger partial charge on any atom is 0.0275 e. The van der Waals surface area contributed by atoms with Crippen molar-refractivity contribution in [2.75, 3.05) is 0 Å². The van der Waals surface area contributed by atoms with E-state index in [9.17, 15) is 0 Å². The van der Waals surface area contributed by atoms with Crippen LogP contribution in [0.1, 0.15) is 50.2 Å². The summed E-state index contributed by atoms with van der Waals surface area (Å²) in [6.07, 6.45) is 9.29. The summed E-state index contributed by atoms with van der Waals surface area (Å²) in [4.78, 5) is 0. The van der Waals surface area contributed by atoms with E-state index in [2.05, 4.69) is 36.6 Å². The van der Waals surface area contributed by atoms with Crippen LogP contribution in [0, 0.1) is 17.8 Å². The summed E-state index contributed by atoms with van der Waals surface area (Å²) in [7, 11) is 0. The normalized spacial score (nSPS) is 28.3. The van der Waals surface area contributed by atoms with Crippen molar-refractivity contribution in [1.29, 1.82) is 0 Å². The van der Waals surface area contributed by atoms with Crippen LogP contribution >= 0.6 is 0 Å². The second-order valence-corrected chi connectivity index (χ2v) is 6.75. The Morgan fingerprint density at radius 1 is 1.15 bits per heavy atom. The lowest BCUT2D eigenvalue weighted by molar-refractivity contribution is 0.139. The lowest BCUT2D eigenvalue weighted by atomic mass is 9.70. The lowest BCUT2D eigenvalue weighted by Gasteiger charge is -2.39. The molecule has 0 saturated heterocycles. The highest BCUT2D eigenvalue weighted by atomic mass is 15.2. The first-order chi connectivity index (χ1) is 9.83. The molecule has 1 fully saturated rings. The summed E-state index contributed by atoms with van der Waals surface area (Å²) >= 11 is 0. The number of hydrogen-bond acceptors (Lipinski definition) is 2. The van der Waals surface area contributed by atoms with Crippen LogP contribution in [-0.2, 0) is 12.8 Å². The summed E-state index contributed by atoms with van der Waals surface area (Å²) in [5.74, 6) is 8.32. The molecule has 2 aliphatic rings. The number of fused-ring (bicyclic) bond motifs is 1. The molecule has 3 rings (SSSR count). The van der Waals surface area contributed by atoms with Crippen LogP contribution in [0.2, 0.25) is 0 Å². The third-order valence-corrected chi connectivity index (χ3v) is 5.74. The molecule has 3 unspecified atom stereocenters. The van der Waals surface area contributed by atoms with Crippen LogP contribution in [0.3, 0.4) is 0 Å². The molecule has 110 valence electrons. The fourth-order valence-electron chi connectivity index (χ4n) is 4.67. The topological polar surface area (TPSA) is 38.0 Å². The third kappa shape index (κ3) is 2.64. The minimum Gasteiger partial charge on any atom is -0.271 e. The summed E-state index contributed by atoms with van der Waals surface area (Å²) in [5.41, 5.74) is 6.30. The Bertz CT molecular complexity index is 418. The van der Waals surface area contributed by atoms with E-state index in [0.29, 0.717) is 12.0 Å². The number of hydrogen-bond donors (Lipinski definition) is 2. The predicted molar refractivity (Wildman–Crippen MR) is 84.2 cm³/mol. The van der Waals surface area contributed by atoms with E-state index in [1.54, 1.807) is 11.1 Å². The number of hydrazine groups is 1. The van der Waals surface area contributed by atoms with Gasteiger partial charge in [0.15, 0.2) is 0 Å². The maximum atomic E-state index is 5.99. The predicted octanol–water partition coefficient (Wildman–Crippen LogP) is 3.45. The zero-order valence-electron chi connectivity index (χ0n) is 12.6. The van der Waals surface area contributed by atoms with E-state index >= 15 is 0 Å². The standard InChI is InChI=1S/C18H28N2/c1-2-13-7-5-6-10-17(13)18(20-19)16-11-14-8-3-4-9-15(14)12-16/h3-4,8-9,13,16-18,20H,2,5-7,10-12,19H2,1H3. The molecule has 20 heavy (non-hydrogen) atoms. The summed E-state index contributed by atoms with van der Waals surface area (Å²) < 4.78 is 0. The van der Waals surface area contributed by atoms with Gasteiger partial charge >= 0.3 is 0 Å². The summed E-state index contributed by atoms with van der Waals surface area (Å²) in [5, 5.41) is 0. The highest BCUT2D eigenvalue weighted by Crippen LogP contribution is 2.39. The smallest absolute Gasteiger partial charge is 0.0275 e. The highest BCUT2D eigenvalue weighted by Gasteiger charge is 2.37. The zero-order valence-corrected chi connectivity index (χ0v) is 12.6. The van der Waals surface area contributed by atoms with Gasteiger partial charge in [-0.1, -0.05) is 56.9 Å². The molecule has 1 aromatic carbocycles. The lowest BCUT2D eigenvalue weighted by Crippen LogP contribution is -2.49. The first kappa shape index (κ1) is 14.1. The Kier molecular flexibility index (Phi) is 4.42. The van der Waals surface area contributed by atoms with Gasteiger partial charge in [-0.05, 0) is 48.1 Å². The molecule has 0 bridgehead atoms. The molecular formula is C18H28N2. The van der Waals surface area contributed by atoms with E-state index in [-0.39, 0.29) is 0 Å². The van der Waals surface area contributed by atoms with Crippen molar-refractivity contribution in [3.05, 3.63) is 35.4 Å². The molecule has 2 nitrogen and oxygen atoms in total. The SMILES string of the molecule is CCC1CCCCC1C(NN)C1Cc2ccccc2C1. The Balaban J connectivity index is 1.74. The first-order valence-corrected chi connectivity index (χ1v) is 8.36. The second kappa shape index (κ2) is 6.28. The molecule has 3 N–H and O–H groups in total. The Hall–Kier alpha value is -0.860. The van der Waals surface area contributed by atoms with Gasteiger partial charge in [-0.3, -0.25) is 11.3 Å². The molecule has 1 saturated carbocycles. The quantitative estimate of drug-likeness (QED) is 0.651. The number of nitrogens with one attached hydrogen (secondary N) is 1. The van der Waals surface area contributed by atoms with E-state index in [0.717, 1.165) is 11.8 Å². The average Bonchev–Trinajstić information content (AvgIpc) is 2.92. The minimum absolute atomic E-state index is 0.493. The monoisotopic (exact) mass is 272 g/mol. The third-order valence-electron chi connectivity index (χ3n) is 5.74. The van der Waals surface area contributed by atoms with E-state index in [1.807, 2.05) is 0 Å². The molecule has 0 amide bonds. The van der Waals surface area contributed by atoms with Crippen molar-refractivity contribution < 1.29 is 0 Å². The molecule has 0 heterocycles. The van der Waals surface area contributed by atoms with Gasteiger partial charge in [0.25, 0.3) is 0 Å². The minimum atomic E-state index is 0.493. The van der Waals surface area contributed by atoms with Gasteiger partial charge in [0.1, 0.15) is 0 Å². The molecule has 0 spiro atoms. The van der Waals surface area contributed by atoms with Crippen molar-refractivity contribution in [2.45, 2.75) is 57.9 Å². The van der Waals surface area contributed by atoms with Gasteiger partial charge in [-0.2, -0.15) is 0 Å². The molecule has 0 radical (unpaired) electrons. The van der Waals surface area contributed by atoms with Gasteiger partial charge in [-0.15, -0.1) is 0 Å². The molecule has 0 aliphatic heterocycles. The molecule has 0 aromatic heterocycles. The van der Waals surface area contributed by atoms with Crippen molar-refractivity contribution in [3.8, 4) is 0 Å². The van der Waals surface area contributed by atoms with Crippen molar-refractivity contribution in [3.63, 3.8) is 0 Å². The van der Waals surface area contributed by atoms with Crippen LogP contribution in [0.25, 0.3) is 0 Å². The number of nitrogens with two attached hydrogens (primary N) is 1. The van der Waals surface area contributed by atoms with Crippen molar-refractivity contribution in [1.82, 2.24) is 5.43 Å². The summed E-state index contributed by atoms with van der Waals surface area (Å²) in [6, 6.07) is 9.42. The fourth-order valence-corrected chi connectivity index (χ4v) is 4.67. The van der Waals surface area contributed by atoms with Gasteiger partial charge in [0.05, 0.1) is 0 Å². The van der Waals surface area contributed by atoms with Gasteiger partial charge < -0.3 is 0 Å². The Morgan fingerprint density at radius 3 is 2.40 bits per heavy atom. The Morgan fingerprint density at radius 2 is 1.80 bits per heavy atom. The van der Waals surface area contributed by atoms with Crippen LogP contribution in [-0.4, -0.2) is 6.04 Å². The number of rotatable bonds is 4. The van der Waals surface area contributed by atoms with Crippen LogP contribution < -0.4 is 11.3 Å². The highest BCUT2D eigenvalue weighted by molar-refractivity contribution is 5.32. The van der Waals surface area contributed by atoms with Crippen molar-refractivity contribution >= 4 is 0 Å². The molecule has 2 heteroatoms. The van der Waals surface area contributed by atoms with Gasteiger partial charge in [-0.25, -0.2) is 0 Å². The Labute approximate surface area is 123 Å².